The lowest BCUT2D eigenvalue weighted by Crippen LogP contribution is -2.40. The Morgan fingerprint density at radius 1 is 1.36 bits per heavy atom. The maximum absolute atomic E-state index is 11.7. The zero-order valence-electron chi connectivity index (χ0n) is 15.5. The van der Waals surface area contributed by atoms with Gasteiger partial charge < -0.3 is 15.8 Å². The number of aromatic nitrogens is 4. The van der Waals surface area contributed by atoms with Crippen LogP contribution in [0.25, 0.3) is 0 Å². The van der Waals surface area contributed by atoms with Gasteiger partial charge in [0.25, 0.3) is 5.69 Å². The largest absolute Gasteiger partial charge is 0.468 e. The first-order valence-electron chi connectivity index (χ1n) is 9.06. The Hall–Kier alpha value is -2.92. The quantitative estimate of drug-likeness (QED) is 0.396. The van der Waals surface area contributed by atoms with E-state index in [0.29, 0.717) is 5.82 Å². The second kappa shape index (κ2) is 8.85. The van der Waals surface area contributed by atoms with Gasteiger partial charge in [-0.05, 0) is 41.7 Å². The molecule has 28 heavy (non-hydrogen) atoms. The predicted octanol–water partition coefficient (Wildman–Crippen LogP) is 0.703. The van der Waals surface area contributed by atoms with E-state index < -0.39 is 16.9 Å². The highest BCUT2D eigenvalue weighted by molar-refractivity contribution is 5.68. The van der Waals surface area contributed by atoms with Gasteiger partial charge in [-0.2, -0.15) is 0 Å². The Morgan fingerprint density at radius 2 is 2.04 bits per heavy atom. The molecule has 1 aromatic carbocycles. The minimum atomic E-state index is -0.473. The van der Waals surface area contributed by atoms with Crippen LogP contribution in [-0.2, 0) is 16.1 Å². The normalized spacial score (nSPS) is 20.5. The van der Waals surface area contributed by atoms with Crippen molar-refractivity contribution < 1.29 is 14.5 Å². The summed E-state index contributed by atoms with van der Waals surface area (Å²) in [7, 11) is 1.30. The maximum atomic E-state index is 11.7. The summed E-state index contributed by atoms with van der Waals surface area (Å²) >= 11 is 0. The fourth-order valence-electron chi connectivity index (χ4n) is 3.35. The molecule has 0 aliphatic heterocycles. The van der Waals surface area contributed by atoms with Crippen LogP contribution in [0.1, 0.15) is 43.1 Å². The number of methoxy groups -OCH3 is 1. The summed E-state index contributed by atoms with van der Waals surface area (Å²) in [6.45, 7) is -0.125. The number of nitrogens with zero attached hydrogens (tertiary/aromatic N) is 5. The third kappa shape index (κ3) is 4.67. The minimum Gasteiger partial charge on any atom is -0.468 e. The van der Waals surface area contributed by atoms with Crippen molar-refractivity contribution in [3.05, 3.63) is 45.8 Å². The number of hydrogen-bond donors (Lipinski definition) is 2. The number of nitro benzene ring substituents is 1. The van der Waals surface area contributed by atoms with Crippen LogP contribution in [0.3, 0.4) is 0 Å². The van der Waals surface area contributed by atoms with Crippen molar-refractivity contribution in [1.82, 2.24) is 25.5 Å². The molecule has 3 N–H and O–H groups in total. The molecule has 1 atom stereocenters. The van der Waals surface area contributed by atoms with Crippen LogP contribution in [0.2, 0.25) is 0 Å². The topological polar surface area (TPSA) is 151 Å². The van der Waals surface area contributed by atoms with E-state index in [0.717, 1.165) is 31.2 Å². The lowest BCUT2D eigenvalue weighted by Gasteiger charge is -2.30. The van der Waals surface area contributed by atoms with Gasteiger partial charge in [0.05, 0.1) is 18.1 Å². The third-order valence-corrected chi connectivity index (χ3v) is 4.94. The minimum absolute atomic E-state index is 0.000271. The van der Waals surface area contributed by atoms with E-state index in [9.17, 15) is 14.9 Å². The van der Waals surface area contributed by atoms with Gasteiger partial charge in [0.1, 0.15) is 6.54 Å². The van der Waals surface area contributed by atoms with E-state index in [-0.39, 0.29) is 24.3 Å². The van der Waals surface area contributed by atoms with Crippen LogP contribution in [-0.4, -0.2) is 50.3 Å². The molecule has 0 spiro atoms. The zero-order chi connectivity index (χ0) is 20.1. The molecule has 3 rings (SSSR count). The Labute approximate surface area is 161 Å². The highest BCUT2D eigenvalue weighted by Gasteiger charge is 2.27. The van der Waals surface area contributed by atoms with Gasteiger partial charge in [0.2, 0.25) is 0 Å². The van der Waals surface area contributed by atoms with Gasteiger partial charge in [0, 0.05) is 24.2 Å². The van der Waals surface area contributed by atoms with Gasteiger partial charge in [0.15, 0.2) is 5.82 Å². The second-order valence-corrected chi connectivity index (χ2v) is 6.83. The molecule has 0 saturated heterocycles. The standard InChI is InChI=1S/C17H23N7O4/c1-28-15(25)10-23-17(20-21-22-23)16(19-13-6-4-12(18)5-7-13)11-2-8-14(9-3-11)24(26)27/h2-3,8-9,12-13,16,19H,4-7,10,18H2,1H3. The second-order valence-electron chi connectivity index (χ2n) is 6.83. The van der Waals surface area contributed by atoms with Gasteiger partial charge in [-0.1, -0.05) is 12.1 Å². The van der Waals surface area contributed by atoms with E-state index in [1.54, 1.807) is 12.1 Å². The first-order chi connectivity index (χ1) is 13.5. The molecule has 1 saturated carbocycles. The molecule has 11 nitrogen and oxygen atoms in total. The van der Waals surface area contributed by atoms with E-state index in [2.05, 4.69) is 20.8 Å². The molecule has 1 unspecified atom stereocenters. The summed E-state index contributed by atoms with van der Waals surface area (Å²) in [6, 6.07) is 6.19. The van der Waals surface area contributed by atoms with Crippen molar-refractivity contribution in [1.29, 1.82) is 0 Å². The highest BCUT2D eigenvalue weighted by atomic mass is 16.6. The monoisotopic (exact) mass is 389 g/mol. The van der Waals surface area contributed by atoms with Crippen LogP contribution in [0, 0.1) is 10.1 Å². The number of nitrogens with two attached hydrogens (primary N) is 1. The number of carbonyl (C=O) groups is 1. The average Bonchev–Trinajstić information content (AvgIpc) is 3.15. The van der Waals surface area contributed by atoms with Crippen LogP contribution in [0.15, 0.2) is 24.3 Å². The first-order valence-corrected chi connectivity index (χ1v) is 9.06. The number of tetrazole rings is 1. The van der Waals surface area contributed by atoms with Crippen molar-refractivity contribution in [3.63, 3.8) is 0 Å². The van der Waals surface area contributed by atoms with Gasteiger partial charge in [-0.25, -0.2) is 4.68 Å². The Bertz CT molecular complexity index is 815. The average molecular weight is 389 g/mol. The SMILES string of the molecule is COC(=O)Cn1nnnc1C(NC1CCC(N)CC1)c1ccc([N+](=O)[O-])cc1. The molecule has 1 aliphatic carbocycles. The number of esters is 1. The van der Waals surface area contributed by atoms with Gasteiger partial charge in [-0.15, -0.1) is 5.10 Å². The molecule has 150 valence electrons. The number of non-ortho nitro benzene ring substituents is 1. The third-order valence-electron chi connectivity index (χ3n) is 4.94. The first kappa shape index (κ1) is 19.8. The summed E-state index contributed by atoms with van der Waals surface area (Å²) in [5, 5.41) is 26.2. The van der Waals surface area contributed by atoms with Crippen LogP contribution >= 0.6 is 0 Å². The zero-order valence-corrected chi connectivity index (χ0v) is 15.5. The molecule has 1 aromatic heterocycles. The fourth-order valence-corrected chi connectivity index (χ4v) is 3.35. The molecule has 2 aromatic rings. The van der Waals surface area contributed by atoms with E-state index in [1.807, 2.05) is 0 Å². The van der Waals surface area contributed by atoms with Crippen molar-refractivity contribution >= 4 is 11.7 Å². The predicted molar refractivity (Wildman–Crippen MR) is 98.1 cm³/mol. The van der Waals surface area contributed by atoms with E-state index in [1.165, 1.54) is 23.9 Å². The summed E-state index contributed by atoms with van der Waals surface area (Å²) < 4.78 is 6.08. The summed E-state index contributed by atoms with van der Waals surface area (Å²) in [4.78, 5) is 22.2. The number of carbonyl (C=O) groups excluding carboxylic acids is 1. The Morgan fingerprint density at radius 3 is 2.64 bits per heavy atom. The van der Waals surface area contributed by atoms with Crippen molar-refractivity contribution in [3.8, 4) is 0 Å². The van der Waals surface area contributed by atoms with Crippen LogP contribution in [0.4, 0.5) is 5.69 Å². The van der Waals surface area contributed by atoms with Crippen molar-refractivity contribution in [2.24, 2.45) is 5.73 Å². The molecule has 11 heteroatoms. The Kier molecular flexibility index (Phi) is 6.26. The van der Waals surface area contributed by atoms with Crippen LogP contribution < -0.4 is 11.1 Å². The number of nitrogens with one attached hydrogen (secondary N) is 1. The van der Waals surface area contributed by atoms with Crippen molar-refractivity contribution in [2.45, 2.75) is 50.4 Å². The smallest absolute Gasteiger partial charge is 0.327 e. The molecule has 0 radical (unpaired) electrons. The summed E-state index contributed by atoms with van der Waals surface area (Å²) in [5.41, 5.74) is 6.76. The highest BCUT2D eigenvalue weighted by Crippen LogP contribution is 2.26. The Balaban J connectivity index is 1.89. The molecule has 1 heterocycles. The van der Waals surface area contributed by atoms with E-state index >= 15 is 0 Å². The number of rotatable bonds is 7. The number of ether oxygens (including phenoxy) is 1. The molecule has 0 amide bonds. The molecular formula is C17H23N7O4. The number of hydrogen-bond acceptors (Lipinski definition) is 9. The number of benzene rings is 1. The summed E-state index contributed by atoms with van der Waals surface area (Å²) in [6.07, 6.45) is 3.64. The summed E-state index contributed by atoms with van der Waals surface area (Å²) in [5.74, 6) is -0.0336. The molecule has 1 fully saturated rings. The van der Waals surface area contributed by atoms with E-state index in [4.69, 9.17) is 10.5 Å². The lowest BCUT2D eigenvalue weighted by molar-refractivity contribution is -0.384. The maximum Gasteiger partial charge on any atom is 0.327 e. The molecular weight excluding hydrogens is 366 g/mol. The number of nitro groups is 1. The molecule has 1 aliphatic rings. The van der Waals surface area contributed by atoms with Crippen molar-refractivity contribution in [2.75, 3.05) is 7.11 Å². The van der Waals surface area contributed by atoms with Crippen LogP contribution in [0.5, 0.6) is 0 Å². The van der Waals surface area contributed by atoms with Gasteiger partial charge in [-0.3, -0.25) is 14.9 Å². The lowest BCUT2D eigenvalue weighted by atomic mass is 9.90. The van der Waals surface area contributed by atoms with Gasteiger partial charge >= 0.3 is 5.97 Å². The molecule has 0 bridgehead atoms. The fraction of sp³-hybridized carbons (Fsp3) is 0.529.